The third kappa shape index (κ3) is 4.42. The van der Waals surface area contributed by atoms with Crippen LogP contribution >= 0.6 is 0 Å². The van der Waals surface area contributed by atoms with Gasteiger partial charge in [-0.2, -0.15) is 8.42 Å². The molecule has 5 fully saturated rings. The van der Waals surface area contributed by atoms with Crippen molar-refractivity contribution in [1.29, 1.82) is 0 Å². The lowest BCUT2D eigenvalue weighted by Crippen LogP contribution is -2.69. The zero-order chi connectivity index (χ0) is 29.6. The van der Waals surface area contributed by atoms with Crippen molar-refractivity contribution in [3.63, 3.8) is 0 Å². The van der Waals surface area contributed by atoms with Gasteiger partial charge >= 0.3 is 22.3 Å². The van der Waals surface area contributed by atoms with Crippen molar-refractivity contribution in [2.75, 3.05) is 0 Å². The van der Waals surface area contributed by atoms with Crippen molar-refractivity contribution in [2.45, 2.75) is 123 Å². The van der Waals surface area contributed by atoms with Crippen LogP contribution in [0.15, 0.2) is 0 Å². The lowest BCUT2D eigenvalue weighted by molar-refractivity contribution is -0.224. The van der Waals surface area contributed by atoms with Crippen LogP contribution < -0.4 is 0 Å². The highest BCUT2D eigenvalue weighted by Gasteiger charge is 2.81. The lowest BCUT2D eigenvalue weighted by Gasteiger charge is -2.63. The summed E-state index contributed by atoms with van der Waals surface area (Å²) in [7, 11) is -6.85. The van der Waals surface area contributed by atoms with Gasteiger partial charge in [-0.05, 0) is 88.3 Å². The molecule has 1 saturated heterocycles. The number of esters is 2. The maximum Gasteiger partial charge on any atom is 0.400 e. The summed E-state index contributed by atoms with van der Waals surface area (Å²) in [6, 6.07) is 0. The molecule has 1 heterocycles. The van der Waals surface area contributed by atoms with Crippen LogP contribution in [0.1, 0.15) is 73.1 Å². The Kier molecular flexibility index (Phi) is 7.22. The lowest BCUT2D eigenvalue weighted by atomic mass is 9.43. The summed E-state index contributed by atoms with van der Waals surface area (Å²) in [4.78, 5) is 38.1. The number of ketones is 1. The maximum absolute atomic E-state index is 13.9. The predicted molar refractivity (Wildman–Crippen MR) is 145 cm³/mol. The smallest absolute Gasteiger partial charge is 0.400 e. The van der Waals surface area contributed by atoms with Crippen LogP contribution in [-0.4, -0.2) is 64.5 Å². The van der Waals surface area contributed by atoms with Gasteiger partial charge in [0.15, 0.2) is 19.7 Å². The molecule has 0 amide bonds. The summed E-state index contributed by atoms with van der Waals surface area (Å²) in [6.45, 7) is 14.3. The number of carbonyl (C=O) groups excluding carboxylic acids is 3. The summed E-state index contributed by atoms with van der Waals surface area (Å²) >= 11 is 0. The minimum absolute atomic E-state index is 0.000747. The van der Waals surface area contributed by atoms with E-state index in [1.54, 1.807) is 0 Å². The van der Waals surface area contributed by atoms with E-state index in [1.807, 2.05) is 26.6 Å². The average Bonchev–Trinajstić information content (AvgIpc) is 3.20. The van der Waals surface area contributed by atoms with Crippen LogP contribution in [0.25, 0.3) is 0 Å². The molecule has 10 nitrogen and oxygen atoms in total. The van der Waals surface area contributed by atoms with E-state index in [0.29, 0.717) is 12.3 Å². The molecule has 226 valence electrons. The molecular weight excluding hydrogens is 556 g/mol. The Morgan fingerprint density at radius 2 is 1.55 bits per heavy atom. The second-order valence-electron chi connectivity index (χ2n) is 14.2. The number of Topliss-reactive ketones (excluding diaryl/α,β-unsaturated/α-hetero) is 1. The van der Waals surface area contributed by atoms with Crippen molar-refractivity contribution in [3.8, 4) is 0 Å². The molecule has 4 saturated carbocycles. The van der Waals surface area contributed by atoms with E-state index in [1.165, 1.54) is 20.8 Å². The molecule has 40 heavy (non-hydrogen) atoms. The molecule has 4 aliphatic carbocycles. The molecule has 0 spiro atoms. The third-order valence-electron chi connectivity index (χ3n) is 10.9. The molecule has 5 rings (SSSR count). The van der Waals surface area contributed by atoms with Crippen LogP contribution in [0.4, 0.5) is 0 Å². The standard InChI is InChI=1S/C28H44O10SSi/c1-15(29)28(38-40(6,7)8)25-24(36-39(32,33)37-25)23-20-10-9-18-13-19(34-16(2)30)11-12-26(18,4)21(20)14-22(27(23,28)5)35-17(3)31/h18-25H,9-14H2,1-8H3/t18-,19-,20+,21-,22+,23+,24-,25-,26-,27-,28+/m0/s1. The van der Waals surface area contributed by atoms with Crippen LogP contribution in [0, 0.1) is 34.5 Å². The van der Waals surface area contributed by atoms with Gasteiger partial charge in [-0.15, -0.1) is 0 Å². The van der Waals surface area contributed by atoms with E-state index in [0.717, 1.165) is 32.1 Å². The number of hydrogen-bond acceptors (Lipinski definition) is 10. The zero-order valence-corrected chi connectivity index (χ0v) is 26.7. The summed E-state index contributed by atoms with van der Waals surface area (Å²) in [6.07, 6.45) is 1.62. The quantitative estimate of drug-likeness (QED) is 0.338. The molecule has 12 heteroatoms. The van der Waals surface area contributed by atoms with Crippen molar-refractivity contribution in [1.82, 2.24) is 0 Å². The average molecular weight is 601 g/mol. The van der Waals surface area contributed by atoms with Gasteiger partial charge < -0.3 is 13.9 Å². The fourth-order valence-electron chi connectivity index (χ4n) is 9.74. The Labute approximate surface area is 238 Å². The van der Waals surface area contributed by atoms with Crippen LogP contribution in [0.2, 0.25) is 19.6 Å². The van der Waals surface area contributed by atoms with E-state index < -0.39 is 59.9 Å². The van der Waals surface area contributed by atoms with Crippen LogP contribution in [-0.2, 0) is 47.0 Å². The van der Waals surface area contributed by atoms with Gasteiger partial charge in [0, 0.05) is 25.2 Å². The molecule has 1 aliphatic heterocycles. The molecule has 11 atom stereocenters. The van der Waals surface area contributed by atoms with Gasteiger partial charge in [0.25, 0.3) is 0 Å². The number of hydrogen-bond donors (Lipinski definition) is 0. The van der Waals surface area contributed by atoms with Gasteiger partial charge in [0.1, 0.15) is 24.4 Å². The van der Waals surface area contributed by atoms with E-state index >= 15 is 0 Å². The molecule has 0 radical (unpaired) electrons. The van der Waals surface area contributed by atoms with Crippen molar-refractivity contribution >= 4 is 36.4 Å². The topological polar surface area (TPSA) is 132 Å². The number of rotatable bonds is 5. The van der Waals surface area contributed by atoms with Gasteiger partial charge in [-0.25, -0.2) is 8.37 Å². The summed E-state index contributed by atoms with van der Waals surface area (Å²) in [5.41, 5.74) is -2.88. The fourth-order valence-corrected chi connectivity index (χ4v) is 12.2. The maximum atomic E-state index is 13.9. The summed E-state index contributed by atoms with van der Waals surface area (Å²) in [5, 5.41) is 0. The number of carbonyl (C=O) groups is 3. The predicted octanol–water partition coefficient (Wildman–Crippen LogP) is 3.93. The highest BCUT2D eigenvalue weighted by Crippen LogP contribution is 2.71. The molecule has 0 unspecified atom stereocenters. The highest BCUT2D eigenvalue weighted by molar-refractivity contribution is 7.82. The Balaban J connectivity index is 1.64. The normalized spacial score (nSPS) is 47.3. The van der Waals surface area contributed by atoms with Crippen molar-refractivity contribution < 1.29 is 45.1 Å². The molecule has 0 aromatic carbocycles. The molecule has 0 aromatic rings. The molecule has 0 N–H and O–H groups in total. The largest absolute Gasteiger partial charge is 0.463 e. The molecular formula is C28H44O10SSi. The minimum atomic E-state index is -4.35. The Morgan fingerprint density at radius 3 is 2.12 bits per heavy atom. The highest BCUT2D eigenvalue weighted by atomic mass is 32.3. The van der Waals surface area contributed by atoms with Crippen molar-refractivity contribution in [2.24, 2.45) is 34.5 Å². The fraction of sp³-hybridized carbons (Fsp3) is 0.893. The minimum Gasteiger partial charge on any atom is -0.463 e. The first kappa shape index (κ1) is 30.1. The number of fused-ring (bicyclic) bond motifs is 7. The SMILES string of the molecule is CC(=O)O[C@H]1CC[C@@]2(C)[C@@H](CC[C@H]3[C@@H]4[C@@H]5OS(=O)(=O)O[C@@H]5[C@](O[Si](C)(C)C)(C(C)=O)[C@@]4(C)[C@H](OC(C)=O)C[C@@H]32)C1. The second kappa shape index (κ2) is 9.59. The zero-order valence-electron chi connectivity index (χ0n) is 24.9. The number of ether oxygens (including phenoxy) is 2. The monoisotopic (exact) mass is 600 g/mol. The Hall–Kier alpha value is -1.34. The summed E-state index contributed by atoms with van der Waals surface area (Å²) in [5.74, 6) is -1.16. The summed E-state index contributed by atoms with van der Waals surface area (Å²) < 4.78 is 55.4. The van der Waals surface area contributed by atoms with Gasteiger partial charge in [0.2, 0.25) is 0 Å². The van der Waals surface area contributed by atoms with E-state index in [2.05, 4.69) is 6.92 Å². The third-order valence-corrected chi connectivity index (χ3v) is 12.8. The first-order valence-electron chi connectivity index (χ1n) is 14.5. The Bertz CT molecular complexity index is 1200. The van der Waals surface area contributed by atoms with Gasteiger partial charge in [-0.1, -0.05) is 13.8 Å². The molecule has 0 bridgehead atoms. The van der Waals surface area contributed by atoms with Crippen molar-refractivity contribution in [3.05, 3.63) is 0 Å². The molecule has 0 aromatic heterocycles. The van der Waals surface area contributed by atoms with Crippen LogP contribution in [0.5, 0.6) is 0 Å². The van der Waals surface area contributed by atoms with Gasteiger partial charge in [0.05, 0.1) is 0 Å². The van der Waals surface area contributed by atoms with Gasteiger partial charge in [-0.3, -0.25) is 14.4 Å². The van der Waals surface area contributed by atoms with Crippen LogP contribution in [0.3, 0.4) is 0 Å². The first-order chi connectivity index (χ1) is 18.4. The van der Waals surface area contributed by atoms with E-state index in [-0.39, 0.29) is 35.1 Å². The van der Waals surface area contributed by atoms with E-state index in [9.17, 15) is 22.8 Å². The van der Waals surface area contributed by atoms with E-state index in [4.69, 9.17) is 22.3 Å². The Morgan fingerprint density at radius 1 is 0.900 bits per heavy atom. The molecule has 5 aliphatic rings. The first-order valence-corrected chi connectivity index (χ1v) is 19.3. The second-order valence-corrected chi connectivity index (χ2v) is 19.8.